The Balaban J connectivity index is 2.20. The molecule has 0 saturated carbocycles. The molecule has 0 saturated heterocycles. The molecule has 0 spiro atoms. The Morgan fingerprint density at radius 1 is 1.20 bits per heavy atom. The van der Waals surface area contributed by atoms with E-state index in [2.05, 4.69) is 5.10 Å². The number of rotatable bonds is 5. The number of ether oxygens (including phenoxy) is 1. The molecule has 3 rings (SSSR count). The second kappa shape index (κ2) is 6.19. The summed E-state index contributed by atoms with van der Waals surface area (Å²) in [5.74, 6) is -0.0395. The first-order valence-electron chi connectivity index (χ1n) is 7.40. The zero-order valence-corrected chi connectivity index (χ0v) is 14.2. The van der Waals surface area contributed by atoms with Crippen molar-refractivity contribution in [1.29, 1.82) is 0 Å². The lowest BCUT2D eigenvalue weighted by Crippen LogP contribution is -2.13. The van der Waals surface area contributed by atoms with Gasteiger partial charge in [0.05, 0.1) is 22.7 Å². The van der Waals surface area contributed by atoms with Gasteiger partial charge in [0, 0.05) is 11.5 Å². The molecule has 0 radical (unpaired) electrons. The smallest absolute Gasteiger partial charge is 0.269 e. The van der Waals surface area contributed by atoms with Crippen LogP contribution in [-0.2, 0) is 10.0 Å². The summed E-state index contributed by atoms with van der Waals surface area (Å²) in [5.41, 5.74) is 6.69. The third-order valence-corrected chi connectivity index (χ3v) is 4.54. The minimum absolute atomic E-state index is 0.0159. The largest absolute Gasteiger partial charge is 0.494 e. The van der Waals surface area contributed by atoms with E-state index in [9.17, 15) is 13.2 Å². The van der Waals surface area contributed by atoms with Gasteiger partial charge in [0.25, 0.3) is 5.91 Å². The van der Waals surface area contributed by atoms with Gasteiger partial charge in [0.15, 0.2) is 5.69 Å². The van der Waals surface area contributed by atoms with Crippen LogP contribution in [0.15, 0.2) is 47.4 Å². The van der Waals surface area contributed by atoms with Crippen molar-refractivity contribution in [2.75, 3.05) is 6.61 Å². The standard InChI is InChI=1S/C16H16N4O4S/c1-2-24-11-5-8-13-14(9-11)20(19-15(13)16(17)21)10-3-6-12(7-4-10)25(18,22)23/h3-9H,2H2,1H3,(H2,17,21)(H2,18,22,23). The molecule has 1 aromatic heterocycles. The van der Waals surface area contributed by atoms with Crippen LogP contribution in [0, 0.1) is 0 Å². The number of hydrogen-bond donors (Lipinski definition) is 2. The molecule has 0 aliphatic rings. The molecule has 1 amide bonds. The van der Waals surface area contributed by atoms with E-state index < -0.39 is 15.9 Å². The Labute approximate surface area is 144 Å². The van der Waals surface area contributed by atoms with Crippen molar-refractivity contribution in [1.82, 2.24) is 9.78 Å². The molecule has 0 aliphatic heterocycles. The lowest BCUT2D eigenvalue weighted by molar-refractivity contribution is 0.0996. The number of primary sulfonamides is 1. The van der Waals surface area contributed by atoms with E-state index >= 15 is 0 Å². The van der Waals surface area contributed by atoms with Gasteiger partial charge in [0.1, 0.15) is 5.75 Å². The fraction of sp³-hybridized carbons (Fsp3) is 0.125. The van der Waals surface area contributed by atoms with Gasteiger partial charge < -0.3 is 10.5 Å². The summed E-state index contributed by atoms with van der Waals surface area (Å²) in [7, 11) is -3.79. The highest BCUT2D eigenvalue weighted by molar-refractivity contribution is 7.89. The van der Waals surface area contributed by atoms with E-state index in [0.29, 0.717) is 28.9 Å². The van der Waals surface area contributed by atoms with Crippen molar-refractivity contribution in [2.24, 2.45) is 10.9 Å². The van der Waals surface area contributed by atoms with Gasteiger partial charge in [-0.1, -0.05) is 0 Å². The molecule has 0 bridgehead atoms. The summed E-state index contributed by atoms with van der Waals surface area (Å²) in [6.45, 7) is 2.35. The number of fused-ring (bicyclic) bond motifs is 1. The van der Waals surface area contributed by atoms with Gasteiger partial charge in [-0.3, -0.25) is 4.79 Å². The molecule has 1 heterocycles. The third-order valence-electron chi connectivity index (χ3n) is 3.61. The van der Waals surface area contributed by atoms with Crippen molar-refractivity contribution in [3.05, 3.63) is 48.2 Å². The van der Waals surface area contributed by atoms with E-state index in [-0.39, 0.29) is 10.6 Å². The highest BCUT2D eigenvalue weighted by atomic mass is 32.2. The predicted molar refractivity (Wildman–Crippen MR) is 92.1 cm³/mol. The molecular formula is C16H16N4O4S. The number of carbonyl (C=O) groups is 1. The van der Waals surface area contributed by atoms with Gasteiger partial charge in [0.2, 0.25) is 10.0 Å². The number of aromatic nitrogens is 2. The Hall–Kier alpha value is -2.91. The van der Waals surface area contributed by atoms with E-state index in [4.69, 9.17) is 15.6 Å². The highest BCUT2D eigenvalue weighted by Gasteiger charge is 2.17. The normalized spacial score (nSPS) is 11.6. The lowest BCUT2D eigenvalue weighted by Gasteiger charge is -2.06. The van der Waals surface area contributed by atoms with Crippen molar-refractivity contribution >= 4 is 26.8 Å². The quantitative estimate of drug-likeness (QED) is 0.705. The minimum Gasteiger partial charge on any atom is -0.494 e. The number of hydrogen-bond acceptors (Lipinski definition) is 5. The molecule has 2 aromatic carbocycles. The zero-order valence-electron chi connectivity index (χ0n) is 13.3. The van der Waals surface area contributed by atoms with Crippen LogP contribution in [0.5, 0.6) is 5.75 Å². The SMILES string of the molecule is CCOc1ccc2c(C(N)=O)nn(-c3ccc(S(N)(=O)=O)cc3)c2c1. The van der Waals surface area contributed by atoms with Crippen LogP contribution in [-0.4, -0.2) is 30.7 Å². The Morgan fingerprint density at radius 3 is 2.44 bits per heavy atom. The Kier molecular flexibility index (Phi) is 4.19. The number of amides is 1. The summed E-state index contributed by atoms with van der Waals surface area (Å²) < 4.78 is 29.8. The second-order valence-corrected chi connectivity index (χ2v) is 6.84. The van der Waals surface area contributed by atoms with Crippen LogP contribution in [0.25, 0.3) is 16.6 Å². The van der Waals surface area contributed by atoms with Crippen LogP contribution in [0.1, 0.15) is 17.4 Å². The van der Waals surface area contributed by atoms with Crippen LogP contribution < -0.4 is 15.6 Å². The van der Waals surface area contributed by atoms with Gasteiger partial charge in [-0.2, -0.15) is 5.10 Å². The predicted octanol–water partition coefficient (Wildman–Crippen LogP) is 1.17. The first-order valence-corrected chi connectivity index (χ1v) is 8.94. The zero-order chi connectivity index (χ0) is 18.2. The molecule has 9 heteroatoms. The molecule has 8 nitrogen and oxygen atoms in total. The lowest BCUT2D eigenvalue weighted by atomic mass is 10.2. The minimum atomic E-state index is -3.79. The summed E-state index contributed by atoms with van der Waals surface area (Å²) >= 11 is 0. The van der Waals surface area contributed by atoms with Crippen molar-refractivity contribution < 1.29 is 17.9 Å². The monoisotopic (exact) mass is 360 g/mol. The van der Waals surface area contributed by atoms with E-state index in [1.165, 1.54) is 16.8 Å². The fourth-order valence-corrected chi connectivity index (χ4v) is 3.02. The second-order valence-electron chi connectivity index (χ2n) is 5.28. The molecule has 3 aromatic rings. The topological polar surface area (TPSA) is 130 Å². The molecule has 0 atom stereocenters. The summed E-state index contributed by atoms with van der Waals surface area (Å²) in [6, 6.07) is 11.0. The molecule has 0 fully saturated rings. The van der Waals surface area contributed by atoms with E-state index in [1.54, 1.807) is 30.3 Å². The summed E-state index contributed by atoms with van der Waals surface area (Å²) in [5, 5.41) is 9.94. The summed E-state index contributed by atoms with van der Waals surface area (Å²) in [6.07, 6.45) is 0. The first-order chi connectivity index (χ1) is 11.8. The maximum Gasteiger partial charge on any atom is 0.269 e. The van der Waals surface area contributed by atoms with E-state index in [0.717, 1.165) is 0 Å². The van der Waals surface area contributed by atoms with E-state index in [1.807, 2.05) is 6.92 Å². The van der Waals surface area contributed by atoms with Gasteiger partial charge in [-0.15, -0.1) is 0 Å². The average Bonchev–Trinajstić information content (AvgIpc) is 2.93. The number of carbonyl (C=O) groups excluding carboxylic acids is 1. The molecule has 4 N–H and O–H groups in total. The number of nitrogens with zero attached hydrogens (tertiary/aromatic N) is 2. The molecule has 130 valence electrons. The van der Waals surface area contributed by atoms with Crippen LogP contribution >= 0.6 is 0 Å². The summed E-state index contributed by atoms with van der Waals surface area (Å²) in [4.78, 5) is 11.7. The number of sulfonamides is 1. The van der Waals surface area contributed by atoms with Crippen molar-refractivity contribution in [3.63, 3.8) is 0 Å². The van der Waals surface area contributed by atoms with Crippen LogP contribution in [0.3, 0.4) is 0 Å². The van der Waals surface area contributed by atoms with Crippen LogP contribution in [0.4, 0.5) is 0 Å². The molecular weight excluding hydrogens is 344 g/mol. The fourth-order valence-electron chi connectivity index (χ4n) is 2.51. The van der Waals surface area contributed by atoms with Gasteiger partial charge in [-0.25, -0.2) is 18.2 Å². The number of benzene rings is 2. The molecule has 0 unspecified atom stereocenters. The number of primary amides is 1. The first kappa shape index (κ1) is 16.9. The number of nitrogens with two attached hydrogens (primary N) is 2. The average molecular weight is 360 g/mol. The Morgan fingerprint density at radius 2 is 1.88 bits per heavy atom. The Bertz CT molecular complexity index is 1060. The highest BCUT2D eigenvalue weighted by Crippen LogP contribution is 2.26. The van der Waals surface area contributed by atoms with Gasteiger partial charge >= 0.3 is 0 Å². The third kappa shape index (κ3) is 3.19. The molecule has 0 aliphatic carbocycles. The molecule has 25 heavy (non-hydrogen) atoms. The van der Waals surface area contributed by atoms with Crippen molar-refractivity contribution in [3.8, 4) is 11.4 Å². The van der Waals surface area contributed by atoms with Crippen LogP contribution in [0.2, 0.25) is 0 Å². The van der Waals surface area contributed by atoms with Crippen molar-refractivity contribution in [2.45, 2.75) is 11.8 Å². The van der Waals surface area contributed by atoms with Gasteiger partial charge in [-0.05, 0) is 43.3 Å². The maximum atomic E-state index is 11.7. The maximum absolute atomic E-state index is 11.7.